The van der Waals surface area contributed by atoms with Crippen LogP contribution in [0.1, 0.15) is 66.3 Å². The Morgan fingerprint density at radius 2 is 1.79 bits per heavy atom. The third-order valence-electron chi connectivity index (χ3n) is 6.09. The fourth-order valence-corrected chi connectivity index (χ4v) is 4.93. The Bertz CT molecular complexity index is 1030. The Balaban J connectivity index is 1.44. The van der Waals surface area contributed by atoms with Gasteiger partial charge in [0.1, 0.15) is 5.82 Å². The lowest BCUT2D eigenvalue weighted by atomic mass is 9.81. The molecule has 0 atom stereocenters. The molecule has 1 fully saturated rings. The average Bonchev–Trinajstić information content (AvgIpc) is 3.21. The first kappa shape index (κ1) is 19.1. The second-order valence-corrected chi connectivity index (χ2v) is 8.99. The summed E-state index contributed by atoms with van der Waals surface area (Å²) in [4.78, 5) is 6.75. The molecule has 3 aromatic rings. The van der Waals surface area contributed by atoms with E-state index in [4.69, 9.17) is 27.6 Å². The van der Waals surface area contributed by atoms with Crippen molar-refractivity contribution >= 4 is 23.2 Å². The Hall–Kier alpha value is -1.89. The maximum absolute atomic E-state index is 6.27. The van der Waals surface area contributed by atoms with Gasteiger partial charge in [-0.3, -0.25) is 9.47 Å². The van der Waals surface area contributed by atoms with E-state index in [0.717, 1.165) is 72.7 Å². The molecular formula is C21H23Cl2N5O. The Morgan fingerprint density at radius 1 is 1.03 bits per heavy atom. The van der Waals surface area contributed by atoms with Crippen LogP contribution in [0, 0.1) is 6.92 Å². The van der Waals surface area contributed by atoms with Crippen molar-refractivity contribution in [2.45, 2.75) is 57.5 Å². The Kier molecular flexibility index (Phi) is 4.88. The third kappa shape index (κ3) is 3.47. The molecule has 0 spiro atoms. The number of oxazole rings is 1. The zero-order valence-corrected chi connectivity index (χ0v) is 18.0. The van der Waals surface area contributed by atoms with E-state index in [1.54, 1.807) is 0 Å². The molecule has 0 radical (unpaired) electrons. The smallest absolute Gasteiger partial charge is 0.216 e. The van der Waals surface area contributed by atoms with Crippen molar-refractivity contribution in [1.82, 2.24) is 24.6 Å². The number of fused-ring (bicyclic) bond motifs is 3. The number of hydrogen-bond acceptors (Lipinski definition) is 5. The summed E-state index contributed by atoms with van der Waals surface area (Å²) in [7, 11) is 2.10. The molecule has 6 nitrogen and oxygen atoms in total. The maximum atomic E-state index is 6.27. The second kappa shape index (κ2) is 7.42. The van der Waals surface area contributed by atoms with E-state index in [1.807, 2.05) is 13.0 Å². The highest BCUT2D eigenvalue weighted by Crippen LogP contribution is 2.41. The molecule has 1 aliphatic heterocycles. The van der Waals surface area contributed by atoms with Crippen LogP contribution in [-0.4, -0.2) is 31.7 Å². The molecule has 0 bridgehead atoms. The highest BCUT2D eigenvalue weighted by atomic mass is 35.5. The predicted molar refractivity (Wildman–Crippen MR) is 112 cm³/mol. The van der Waals surface area contributed by atoms with Gasteiger partial charge in [0.25, 0.3) is 0 Å². The second-order valence-electron chi connectivity index (χ2n) is 8.21. The quantitative estimate of drug-likeness (QED) is 0.553. The average molecular weight is 432 g/mol. The summed E-state index contributed by atoms with van der Waals surface area (Å²) in [6.45, 7) is 3.49. The van der Waals surface area contributed by atoms with Crippen molar-refractivity contribution in [2.75, 3.05) is 7.05 Å². The molecule has 0 unspecified atom stereocenters. The van der Waals surface area contributed by atoms with Crippen molar-refractivity contribution < 1.29 is 4.42 Å². The fraction of sp³-hybridized carbons (Fsp3) is 0.476. The highest BCUT2D eigenvalue weighted by molar-refractivity contribution is 6.30. The Morgan fingerprint density at radius 3 is 2.52 bits per heavy atom. The fourth-order valence-electron chi connectivity index (χ4n) is 4.62. The molecule has 152 valence electrons. The van der Waals surface area contributed by atoms with Gasteiger partial charge in [-0.15, -0.1) is 10.2 Å². The Labute approximate surface area is 179 Å². The molecule has 0 saturated heterocycles. The molecule has 0 amide bonds. The first-order valence-corrected chi connectivity index (χ1v) is 10.8. The van der Waals surface area contributed by atoms with Gasteiger partial charge in [0.15, 0.2) is 11.7 Å². The molecule has 3 heterocycles. The van der Waals surface area contributed by atoms with E-state index in [1.165, 1.54) is 5.56 Å². The van der Waals surface area contributed by atoms with Gasteiger partial charge >= 0.3 is 0 Å². The first-order valence-electron chi connectivity index (χ1n) is 10.0. The zero-order chi connectivity index (χ0) is 20.1. The van der Waals surface area contributed by atoms with Crippen LogP contribution in [0.5, 0.6) is 0 Å². The van der Waals surface area contributed by atoms with Gasteiger partial charge in [-0.2, -0.15) is 0 Å². The van der Waals surface area contributed by atoms with E-state index in [2.05, 4.69) is 43.8 Å². The minimum atomic E-state index is 0.321. The minimum absolute atomic E-state index is 0.321. The number of aryl methyl sites for hydroxylation is 1. The number of nitrogens with zero attached hydrogens (tertiary/aromatic N) is 5. The van der Waals surface area contributed by atoms with Crippen LogP contribution >= 0.6 is 23.2 Å². The van der Waals surface area contributed by atoms with Crippen molar-refractivity contribution in [1.29, 1.82) is 0 Å². The minimum Gasteiger partial charge on any atom is -0.429 e. The van der Waals surface area contributed by atoms with Crippen LogP contribution < -0.4 is 0 Å². The highest BCUT2D eigenvalue weighted by Gasteiger charge is 2.32. The summed E-state index contributed by atoms with van der Waals surface area (Å²) < 4.78 is 7.92. The summed E-state index contributed by atoms with van der Waals surface area (Å²) in [5, 5.41) is 10.3. The summed E-state index contributed by atoms with van der Waals surface area (Å²) >= 11 is 12.3. The van der Waals surface area contributed by atoms with Crippen molar-refractivity contribution in [3.05, 3.63) is 57.2 Å². The van der Waals surface area contributed by atoms with E-state index in [9.17, 15) is 0 Å². The summed E-state index contributed by atoms with van der Waals surface area (Å²) in [6.07, 6.45) is 4.08. The number of aromatic nitrogens is 4. The van der Waals surface area contributed by atoms with Gasteiger partial charge in [-0.05, 0) is 75.0 Å². The van der Waals surface area contributed by atoms with E-state index in [0.29, 0.717) is 17.1 Å². The molecule has 8 heteroatoms. The van der Waals surface area contributed by atoms with Crippen LogP contribution in [0.3, 0.4) is 0 Å². The molecule has 1 aromatic carbocycles. The predicted octanol–water partition coefficient (Wildman–Crippen LogP) is 5.26. The standard InChI is InChI=1S/C21H23Cl2N5O/c1-12-19(23)29-21(24-12)14-5-3-13(4-6-14)20-26-25-18-11-27(2)10-15-9-16(22)7-8-17(15)28(18)20/h7-9,13-14H,3-6,10-11H2,1-2H3. The number of hydrogen-bond donors (Lipinski definition) is 0. The van der Waals surface area contributed by atoms with Crippen LogP contribution in [0.15, 0.2) is 22.6 Å². The van der Waals surface area contributed by atoms with Crippen LogP contribution in [-0.2, 0) is 13.1 Å². The maximum Gasteiger partial charge on any atom is 0.216 e. The van der Waals surface area contributed by atoms with E-state index in [-0.39, 0.29) is 0 Å². The van der Waals surface area contributed by atoms with E-state index >= 15 is 0 Å². The van der Waals surface area contributed by atoms with Gasteiger partial charge in [0, 0.05) is 23.4 Å². The third-order valence-corrected chi connectivity index (χ3v) is 6.67. The van der Waals surface area contributed by atoms with Gasteiger partial charge in [-0.1, -0.05) is 11.6 Å². The van der Waals surface area contributed by atoms with Crippen molar-refractivity contribution in [2.24, 2.45) is 0 Å². The molecule has 29 heavy (non-hydrogen) atoms. The van der Waals surface area contributed by atoms with Crippen molar-refractivity contribution in [3.63, 3.8) is 0 Å². The zero-order valence-electron chi connectivity index (χ0n) is 16.5. The molecule has 1 aliphatic carbocycles. The largest absolute Gasteiger partial charge is 0.429 e. The summed E-state index contributed by atoms with van der Waals surface area (Å²) in [5.74, 6) is 3.50. The molecule has 2 aliphatic rings. The number of rotatable bonds is 2. The van der Waals surface area contributed by atoms with Gasteiger partial charge in [-0.25, -0.2) is 4.98 Å². The lowest BCUT2D eigenvalue weighted by Gasteiger charge is -2.26. The van der Waals surface area contributed by atoms with Crippen LogP contribution in [0.25, 0.3) is 5.69 Å². The molecule has 1 saturated carbocycles. The molecular weight excluding hydrogens is 409 g/mol. The molecule has 0 N–H and O–H groups in total. The topological polar surface area (TPSA) is 60.0 Å². The van der Waals surface area contributed by atoms with Gasteiger partial charge < -0.3 is 4.42 Å². The summed E-state index contributed by atoms with van der Waals surface area (Å²) in [5.41, 5.74) is 3.12. The molecule has 2 aromatic heterocycles. The summed E-state index contributed by atoms with van der Waals surface area (Å²) in [6, 6.07) is 6.10. The van der Waals surface area contributed by atoms with Crippen LogP contribution in [0.4, 0.5) is 0 Å². The molecule has 5 rings (SSSR count). The number of halogens is 2. The lowest BCUT2D eigenvalue weighted by Crippen LogP contribution is -2.17. The SMILES string of the molecule is Cc1nc(C2CCC(c3nnc4n3-c3ccc(Cl)cc3CN(C)C4)CC2)oc1Cl. The van der Waals surface area contributed by atoms with Crippen molar-refractivity contribution in [3.8, 4) is 5.69 Å². The van der Waals surface area contributed by atoms with Gasteiger partial charge in [0.05, 0.1) is 17.9 Å². The van der Waals surface area contributed by atoms with Crippen LogP contribution in [0.2, 0.25) is 10.2 Å². The normalized spacial score (nSPS) is 22.2. The first-order chi connectivity index (χ1) is 14.0. The monoisotopic (exact) mass is 431 g/mol. The lowest BCUT2D eigenvalue weighted by molar-refractivity contribution is 0.314. The van der Waals surface area contributed by atoms with Gasteiger partial charge in [0.2, 0.25) is 5.22 Å². The number of benzene rings is 1. The van der Waals surface area contributed by atoms with E-state index < -0.39 is 0 Å².